The zero-order valence-corrected chi connectivity index (χ0v) is 14.4. The van der Waals surface area contributed by atoms with Gasteiger partial charge in [-0.05, 0) is 16.2 Å². The minimum Gasteiger partial charge on any atom is -0.354 e. The summed E-state index contributed by atoms with van der Waals surface area (Å²) < 4.78 is 0. The van der Waals surface area contributed by atoms with Gasteiger partial charge >= 0.3 is 0 Å². The molecule has 0 aliphatic rings. The van der Waals surface area contributed by atoms with Crippen molar-refractivity contribution in [3.63, 3.8) is 0 Å². The van der Waals surface area contributed by atoms with Gasteiger partial charge in [0.15, 0.2) is 0 Å². The number of nitrogens with zero attached hydrogens (tertiary/aromatic N) is 2. The lowest BCUT2D eigenvalue weighted by atomic mass is 9.97. The first kappa shape index (κ1) is 18.1. The lowest BCUT2D eigenvalue weighted by Crippen LogP contribution is -2.32. The molecule has 112 valence electrons. The van der Waals surface area contributed by atoms with Crippen LogP contribution in [0.2, 0.25) is 0 Å². The van der Waals surface area contributed by atoms with E-state index in [2.05, 4.69) is 77.6 Å². The van der Waals surface area contributed by atoms with Crippen LogP contribution in [-0.4, -0.2) is 25.3 Å². The van der Waals surface area contributed by atoms with Crippen LogP contribution >= 0.6 is 0 Å². The van der Waals surface area contributed by atoms with Crippen LogP contribution in [0.25, 0.3) is 0 Å². The third-order valence-electron chi connectivity index (χ3n) is 2.05. The van der Waals surface area contributed by atoms with Gasteiger partial charge in [0.1, 0.15) is 0 Å². The van der Waals surface area contributed by atoms with E-state index in [4.69, 9.17) is 0 Å². The van der Waals surface area contributed by atoms with Crippen LogP contribution in [0.5, 0.6) is 0 Å². The average Bonchev–Trinajstić information content (AvgIpc) is 2.11. The van der Waals surface area contributed by atoms with Crippen LogP contribution < -0.4 is 5.32 Å². The van der Waals surface area contributed by atoms with Gasteiger partial charge < -0.3 is 5.32 Å². The number of guanidine groups is 1. The lowest BCUT2D eigenvalue weighted by Gasteiger charge is -2.21. The highest BCUT2D eigenvalue weighted by Crippen LogP contribution is 2.14. The molecule has 0 aliphatic heterocycles. The molecule has 0 aromatic carbocycles. The molecule has 0 saturated carbocycles. The van der Waals surface area contributed by atoms with Crippen molar-refractivity contribution in [1.29, 1.82) is 0 Å². The Kier molecular flexibility index (Phi) is 6.24. The van der Waals surface area contributed by atoms with Crippen molar-refractivity contribution in [2.24, 2.45) is 26.2 Å². The molecule has 0 radical (unpaired) electrons. The maximum Gasteiger partial charge on any atom is 0.217 e. The van der Waals surface area contributed by atoms with Crippen LogP contribution in [-0.2, 0) is 0 Å². The second kappa shape index (κ2) is 6.53. The van der Waals surface area contributed by atoms with Crippen LogP contribution in [0.1, 0.15) is 62.3 Å². The third-order valence-corrected chi connectivity index (χ3v) is 2.05. The number of nitrogens with one attached hydrogen (secondary N) is 1. The van der Waals surface area contributed by atoms with Crippen molar-refractivity contribution in [2.75, 3.05) is 13.1 Å². The monoisotopic (exact) mass is 267 g/mol. The van der Waals surface area contributed by atoms with E-state index >= 15 is 0 Å². The normalized spacial score (nSPS) is 15.1. The number of hydrogen-bond acceptors (Lipinski definition) is 1. The fraction of sp³-hybridized carbons (Fsp3) is 0.875. The molecule has 0 bridgehead atoms. The number of aliphatic imine (C=N–C) groups is 2. The Morgan fingerprint density at radius 1 is 0.895 bits per heavy atom. The van der Waals surface area contributed by atoms with Gasteiger partial charge in [0.2, 0.25) is 5.96 Å². The quantitative estimate of drug-likeness (QED) is 0.592. The molecule has 0 fully saturated rings. The molecule has 0 amide bonds. The molecular weight excluding hydrogens is 234 g/mol. The SMILES string of the molecule is CC(C)(C)/C=N/C(=NCC(C)(C)C)NCC(C)(C)C. The van der Waals surface area contributed by atoms with Crippen LogP contribution in [0.3, 0.4) is 0 Å². The van der Waals surface area contributed by atoms with E-state index in [0.29, 0.717) is 0 Å². The van der Waals surface area contributed by atoms with E-state index in [1.54, 1.807) is 0 Å². The molecule has 0 saturated heterocycles. The highest BCUT2D eigenvalue weighted by molar-refractivity contribution is 5.88. The first-order valence-electron chi connectivity index (χ1n) is 7.12. The Hall–Kier alpha value is -0.860. The minimum atomic E-state index is 0.0753. The summed E-state index contributed by atoms with van der Waals surface area (Å²) in [5, 5.41) is 3.36. The fourth-order valence-electron chi connectivity index (χ4n) is 1.05. The van der Waals surface area contributed by atoms with Crippen LogP contribution in [0.4, 0.5) is 0 Å². The van der Waals surface area contributed by atoms with Crippen LogP contribution in [0.15, 0.2) is 9.98 Å². The van der Waals surface area contributed by atoms with Crippen LogP contribution in [0, 0.1) is 16.2 Å². The lowest BCUT2D eigenvalue weighted by molar-refractivity contribution is 0.405. The summed E-state index contributed by atoms with van der Waals surface area (Å²) in [6.45, 7) is 21.2. The molecule has 0 rings (SSSR count). The molecule has 19 heavy (non-hydrogen) atoms. The van der Waals surface area contributed by atoms with Crippen molar-refractivity contribution >= 4 is 12.2 Å². The smallest absolute Gasteiger partial charge is 0.217 e. The Bertz CT molecular complexity index is 319. The minimum absolute atomic E-state index is 0.0753. The van der Waals surface area contributed by atoms with Crippen molar-refractivity contribution in [3.05, 3.63) is 0 Å². The van der Waals surface area contributed by atoms with Gasteiger partial charge in [-0.1, -0.05) is 62.3 Å². The van der Waals surface area contributed by atoms with Gasteiger partial charge in [0, 0.05) is 19.3 Å². The summed E-state index contributed by atoms with van der Waals surface area (Å²) in [5.74, 6) is 0.750. The molecule has 3 heteroatoms. The summed E-state index contributed by atoms with van der Waals surface area (Å²) >= 11 is 0. The Labute approximate surface area is 120 Å². The Morgan fingerprint density at radius 3 is 1.79 bits per heavy atom. The molecule has 0 aromatic heterocycles. The molecule has 0 aromatic rings. The largest absolute Gasteiger partial charge is 0.354 e. The predicted octanol–water partition coefficient (Wildman–Crippen LogP) is 4.14. The van der Waals surface area contributed by atoms with E-state index in [9.17, 15) is 0 Å². The first-order chi connectivity index (χ1) is 8.29. The van der Waals surface area contributed by atoms with E-state index < -0.39 is 0 Å². The molecule has 0 unspecified atom stereocenters. The number of rotatable bonds is 2. The second-order valence-corrected chi connectivity index (χ2v) is 8.74. The first-order valence-corrected chi connectivity index (χ1v) is 7.12. The highest BCUT2D eigenvalue weighted by atomic mass is 15.1. The topological polar surface area (TPSA) is 36.8 Å². The standard InChI is InChI=1S/C16H33N3/c1-14(2,3)10-17-13(18-11-15(4,5)6)19-12-16(7,8)9/h10H,11-12H2,1-9H3,(H,18,19)/b17-10+. The average molecular weight is 267 g/mol. The van der Waals surface area contributed by atoms with Crippen molar-refractivity contribution in [2.45, 2.75) is 62.3 Å². The molecule has 0 heterocycles. The maximum atomic E-state index is 4.61. The van der Waals surface area contributed by atoms with Gasteiger partial charge in [0.05, 0.1) is 0 Å². The Morgan fingerprint density at radius 2 is 1.42 bits per heavy atom. The Balaban J connectivity index is 4.79. The van der Waals surface area contributed by atoms with Gasteiger partial charge in [-0.2, -0.15) is 0 Å². The molecular formula is C16H33N3. The highest BCUT2D eigenvalue weighted by Gasteiger charge is 2.13. The summed E-state index contributed by atoms with van der Waals surface area (Å²) in [6.07, 6.45) is 1.96. The van der Waals surface area contributed by atoms with E-state index in [1.807, 2.05) is 6.21 Å². The van der Waals surface area contributed by atoms with E-state index in [0.717, 1.165) is 19.0 Å². The summed E-state index contributed by atoms with van der Waals surface area (Å²) in [4.78, 5) is 9.12. The van der Waals surface area contributed by atoms with Crippen molar-refractivity contribution < 1.29 is 0 Å². The predicted molar refractivity (Wildman–Crippen MR) is 87.2 cm³/mol. The third kappa shape index (κ3) is 13.4. The van der Waals surface area contributed by atoms with Gasteiger partial charge in [0.25, 0.3) is 0 Å². The number of hydrogen-bond donors (Lipinski definition) is 1. The van der Waals surface area contributed by atoms with E-state index in [-0.39, 0.29) is 16.2 Å². The van der Waals surface area contributed by atoms with Gasteiger partial charge in [-0.25, -0.2) is 4.99 Å². The molecule has 1 N–H and O–H groups in total. The molecule has 3 nitrogen and oxygen atoms in total. The zero-order valence-electron chi connectivity index (χ0n) is 14.4. The molecule has 0 spiro atoms. The van der Waals surface area contributed by atoms with Crippen molar-refractivity contribution in [1.82, 2.24) is 5.32 Å². The van der Waals surface area contributed by atoms with Gasteiger partial charge in [-0.3, -0.25) is 4.99 Å². The molecule has 0 aliphatic carbocycles. The second-order valence-electron chi connectivity index (χ2n) is 8.74. The van der Waals surface area contributed by atoms with Crippen molar-refractivity contribution in [3.8, 4) is 0 Å². The molecule has 0 atom stereocenters. The zero-order chi connectivity index (χ0) is 15.3. The maximum absolute atomic E-state index is 4.61. The fourth-order valence-corrected chi connectivity index (χ4v) is 1.05. The van der Waals surface area contributed by atoms with E-state index in [1.165, 1.54) is 0 Å². The summed E-state index contributed by atoms with van der Waals surface area (Å²) in [6, 6.07) is 0. The summed E-state index contributed by atoms with van der Waals surface area (Å²) in [7, 11) is 0. The van der Waals surface area contributed by atoms with Gasteiger partial charge in [-0.15, -0.1) is 0 Å². The summed E-state index contributed by atoms with van der Waals surface area (Å²) in [5.41, 5.74) is 0.484.